The molecule has 0 saturated carbocycles. The lowest BCUT2D eigenvalue weighted by Gasteiger charge is -2.42. The van der Waals surface area contributed by atoms with Gasteiger partial charge in [-0.2, -0.15) is 9.97 Å². The van der Waals surface area contributed by atoms with E-state index >= 15 is 0 Å². The van der Waals surface area contributed by atoms with E-state index in [2.05, 4.69) is 70.7 Å². The molecule has 5 fully saturated rings. The number of nitrogens with one attached hydrogen (secondary N) is 3. The van der Waals surface area contributed by atoms with E-state index in [-0.39, 0.29) is 42.3 Å². The number of nitrogens with zero attached hydrogens (tertiary/aromatic N) is 10. The van der Waals surface area contributed by atoms with Crippen molar-refractivity contribution in [2.75, 3.05) is 68.8 Å². The number of aliphatic hydroxyl groups excluding tert-OH is 1. The predicted octanol–water partition coefficient (Wildman–Crippen LogP) is 7.78. The number of amides is 3. The molecule has 3 amide bonds. The highest BCUT2D eigenvalue weighted by molar-refractivity contribution is 7.13. The molecule has 5 aliphatic heterocycles. The van der Waals surface area contributed by atoms with Gasteiger partial charge >= 0.3 is 6.01 Å². The highest BCUT2D eigenvalue weighted by Crippen LogP contribution is 2.49. The molecule has 19 nitrogen and oxygen atoms in total. The van der Waals surface area contributed by atoms with Crippen molar-refractivity contribution >= 4 is 62.4 Å². The van der Waals surface area contributed by atoms with Crippen molar-refractivity contribution in [1.82, 2.24) is 55.7 Å². The third-order valence-corrected chi connectivity index (χ3v) is 19.6. The number of carbonyl (C=O) groups is 3. The van der Waals surface area contributed by atoms with Gasteiger partial charge in [-0.15, -0.1) is 11.3 Å². The molecule has 5 N–H and O–H groups in total. The zero-order valence-electron chi connectivity index (χ0n) is 48.7. The maximum Gasteiger partial charge on any atom is 0.319 e. The number of rotatable bonds is 15. The van der Waals surface area contributed by atoms with Crippen molar-refractivity contribution in [1.29, 1.82) is 0 Å². The zero-order chi connectivity index (χ0) is 58.1. The van der Waals surface area contributed by atoms with Crippen LogP contribution < -0.4 is 30.5 Å². The largest absolute Gasteiger partial charge is 0.508 e. The molecule has 1 aliphatic carbocycles. The molecule has 3 aromatic carbocycles. The number of hydrogen-bond donors (Lipinski definition) is 5. The van der Waals surface area contributed by atoms with E-state index in [4.69, 9.17) is 19.7 Å². The molecule has 84 heavy (non-hydrogen) atoms. The molecule has 7 aromatic rings. The number of carbonyl (C=O) groups excluding carboxylic acids is 3. The van der Waals surface area contributed by atoms with Gasteiger partial charge in [0.15, 0.2) is 0 Å². The van der Waals surface area contributed by atoms with E-state index in [0.717, 1.165) is 144 Å². The Morgan fingerprint density at radius 2 is 1.64 bits per heavy atom. The van der Waals surface area contributed by atoms with Crippen molar-refractivity contribution in [3.63, 3.8) is 0 Å². The van der Waals surface area contributed by atoms with Gasteiger partial charge in [-0.25, -0.2) is 15.0 Å². The van der Waals surface area contributed by atoms with Crippen LogP contribution in [0.1, 0.15) is 118 Å². The second kappa shape index (κ2) is 22.6. The quantitative estimate of drug-likeness (QED) is 0.0660. The summed E-state index contributed by atoms with van der Waals surface area (Å²) < 4.78 is 6.55. The zero-order valence-corrected chi connectivity index (χ0v) is 49.5. The van der Waals surface area contributed by atoms with Gasteiger partial charge in [-0.05, 0) is 116 Å². The number of aryl methyl sites for hydroxylation is 1. The molecule has 9 heterocycles. The average molecular weight is 1150 g/mol. The van der Waals surface area contributed by atoms with Crippen molar-refractivity contribution < 1.29 is 29.3 Å². The van der Waals surface area contributed by atoms with Crippen molar-refractivity contribution in [3.8, 4) is 33.5 Å². The number of pyridine rings is 1. The number of piperazine rings is 1. The smallest absolute Gasteiger partial charge is 0.319 e. The number of benzene rings is 3. The van der Waals surface area contributed by atoms with Gasteiger partial charge in [0.25, 0.3) is 5.91 Å². The minimum absolute atomic E-state index is 0.0215. The van der Waals surface area contributed by atoms with Gasteiger partial charge in [-0.1, -0.05) is 70.2 Å². The third-order valence-electron chi connectivity index (χ3n) is 18.6. The summed E-state index contributed by atoms with van der Waals surface area (Å²) in [5.41, 5.74) is 8.97. The summed E-state index contributed by atoms with van der Waals surface area (Å²) in [5.74, 6) is 1.64. The van der Waals surface area contributed by atoms with Crippen LogP contribution in [0.2, 0.25) is 0 Å². The molecule has 0 spiro atoms. The molecular formula is C64H75N13O6S. The molecule has 0 radical (unpaired) electrons. The molecule has 3 unspecified atom stereocenters. The number of piperidine rings is 1. The van der Waals surface area contributed by atoms with E-state index in [9.17, 15) is 24.6 Å². The Labute approximate surface area is 493 Å². The first-order valence-electron chi connectivity index (χ1n) is 30.0. The molecule has 20 heteroatoms. The fourth-order valence-electron chi connectivity index (χ4n) is 14.0. The maximum atomic E-state index is 14.4. The van der Waals surface area contributed by atoms with E-state index in [1.54, 1.807) is 17.5 Å². The summed E-state index contributed by atoms with van der Waals surface area (Å²) in [4.78, 5) is 80.5. The number of aliphatic hydroxyl groups is 1. The summed E-state index contributed by atoms with van der Waals surface area (Å²) >= 11 is 1.58. The van der Waals surface area contributed by atoms with Crippen molar-refractivity contribution in [2.24, 2.45) is 17.3 Å². The van der Waals surface area contributed by atoms with Crippen LogP contribution in [-0.4, -0.2) is 157 Å². The number of fused-ring (bicyclic) bond motifs is 6. The van der Waals surface area contributed by atoms with Crippen molar-refractivity contribution in [2.45, 2.75) is 122 Å². The minimum atomic E-state index is -1.01. The van der Waals surface area contributed by atoms with Gasteiger partial charge < -0.3 is 45.6 Å². The van der Waals surface area contributed by atoms with Crippen LogP contribution in [0.5, 0.6) is 11.8 Å². The highest BCUT2D eigenvalue weighted by Gasteiger charge is 2.45. The number of anilines is 2. The highest BCUT2D eigenvalue weighted by atomic mass is 32.1. The van der Waals surface area contributed by atoms with Crippen LogP contribution in [0.3, 0.4) is 0 Å². The first kappa shape index (κ1) is 55.8. The van der Waals surface area contributed by atoms with Gasteiger partial charge in [0, 0.05) is 81.0 Å². The van der Waals surface area contributed by atoms with Crippen LogP contribution in [0.4, 0.5) is 11.6 Å². The summed E-state index contributed by atoms with van der Waals surface area (Å²) in [7, 11) is 0. The van der Waals surface area contributed by atoms with Gasteiger partial charge in [-0.3, -0.25) is 24.3 Å². The van der Waals surface area contributed by atoms with Crippen LogP contribution in [0.25, 0.3) is 43.4 Å². The Morgan fingerprint density at radius 3 is 2.36 bits per heavy atom. The number of aromatic hydroxyl groups is 1. The fourth-order valence-corrected chi connectivity index (χ4v) is 14.8. The minimum Gasteiger partial charge on any atom is -0.508 e. The monoisotopic (exact) mass is 1150 g/mol. The molecule has 438 valence electrons. The number of phenolic OH excluding ortho intramolecular Hbond substituents is 1. The van der Waals surface area contributed by atoms with E-state index in [0.29, 0.717) is 42.4 Å². The van der Waals surface area contributed by atoms with Crippen LogP contribution in [0.15, 0.2) is 78.7 Å². The Balaban J connectivity index is 0.589. The number of phenols is 1. The van der Waals surface area contributed by atoms with E-state index in [1.807, 2.05) is 82.7 Å². The lowest BCUT2D eigenvalue weighted by Crippen LogP contribution is -2.58. The number of hydrogen-bond acceptors (Lipinski definition) is 17. The molecular weight excluding hydrogens is 1080 g/mol. The lowest BCUT2D eigenvalue weighted by atomic mass is 9.79. The second-order valence-corrected chi connectivity index (χ2v) is 26.4. The summed E-state index contributed by atoms with van der Waals surface area (Å²) in [6.07, 6.45) is 9.92. The summed E-state index contributed by atoms with van der Waals surface area (Å²) in [6.45, 7) is 18.4. The van der Waals surface area contributed by atoms with E-state index < -0.39 is 35.4 Å². The second-order valence-electron chi connectivity index (χ2n) is 25.5. The maximum absolute atomic E-state index is 14.4. The number of β-amino-alcohol motifs (C(OH)–C–C–N with tert-alkyl or cyclic N) is 1. The standard InChI is InChI=1S/C64H75N13O6S/c1-35-47-9-7-8-42-23-45(78)24-48(54(42)47)55-53(35)56-49(26-67-55)59(76-31-43-14-15-44(32-76)70-43)73-63(71-56)83-21-20-74-18-16-38(17-19-74)22-39-29-75(30-39)52-28-65-50(27-66-52)60(80)72-58(64(4,5)6)62(82)77-33-46(79)25-51(77)61(81)69-36(2)40-10-12-41(13-11-40)57-37(3)68-34-84-57/h7-13,23-24,26-28,34-36,38-39,43-44,46,51,58,70,78-79H,14-22,25,29-33H2,1-6H3,(H,69,81)(H,72,80)/t35?,36-,43?,44?,46+,51-,58+/m0/s1. The number of thiazole rings is 1. The number of aromatic nitrogens is 6. The molecule has 7 atom stereocenters. The Bertz CT molecular complexity index is 3620. The SMILES string of the molecule is Cc1ncsc1-c1ccc([C@H](C)NC(=O)[C@@H]2C[C@@H](O)CN2C(=O)[C@@H](NC(=O)c2cnc(N3CC(CC4CCN(CCOc5nc(N6CC7CCC(C6)N7)c6cnc7c(c6n5)C(C)c5cccc6cc(O)cc-7c56)CC4)C3)cn2)C(C)(C)C)cc1. The molecule has 6 aliphatic rings. The van der Waals surface area contributed by atoms with Gasteiger partial charge in [0.2, 0.25) is 11.8 Å². The number of ether oxygens (including phenoxy) is 1. The molecule has 4 aromatic heterocycles. The Morgan fingerprint density at radius 1 is 0.869 bits per heavy atom. The van der Waals surface area contributed by atoms with Crippen molar-refractivity contribution in [3.05, 3.63) is 107 Å². The van der Waals surface area contributed by atoms with Gasteiger partial charge in [0.05, 0.1) is 57.2 Å². The molecule has 13 rings (SSSR count). The molecule has 5 saturated heterocycles. The van der Waals surface area contributed by atoms with Crippen LogP contribution >= 0.6 is 11.3 Å². The Hall–Kier alpha value is -7.39. The van der Waals surface area contributed by atoms with Crippen LogP contribution in [-0.2, 0) is 9.59 Å². The summed E-state index contributed by atoms with van der Waals surface area (Å²) in [6, 6.07) is 16.9. The average Bonchev–Trinajstić information content (AvgIpc) is 2.11. The Kier molecular flexibility index (Phi) is 15.0. The van der Waals surface area contributed by atoms with Gasteiger partial charge in [0.1, 0.15) is 41.8 Å². The predicted molar refractivity (Wildman–Crippen MR) is 324 cm³/mol. The van der Waals surface area contributed by atoms with Crippen LogP contribution in [0, 0.1) is 24.2 Å². The molecule has 2 bridgehead atoms. The summed E-state index contributed by atoms with van der Waals surface area (Å²) in [5, 5.41) is 34.4. The lowest BCUT2D eigenvalue weighted by molar-refractivity contribution is -0.142. The van der Waals surface area contributed by atoms with E-state index in [1.165, 1.54) is 16.7 Å². The topological polar surface area (TPSA) is 227 Å². The number of likely N-dealkylation sites (tertiary alicyclic amines) is 2. The third kappa shape index (κ3) is 10.9. The first-order valence-corrected chi connectivity index (χ1v) is 30.9. The normalized spacial score (nSPS) is 22.5. The fraction of sp³-hybridized carbons (Fsp3) is 0.484. The first-order chi connectivity index (χ1) is 40.5.